The molecule has 0 unspecified atom stereocenters. The van der Waals surface area contributed by atoms with E-state index in [1.54, 1.807) is 0 Å². The number of hydrogen-bond acceptors (Lipinski definition) is 4. The molecule has 4 N–H and O–H groups in total. The molecule has 1 aromatic rings. The number of nitrogens with one attached hydrogen (secondary N) is 1. The minimum atomic E-state index is -4.63. The molecule has 0 radical (unpaired) electrons. The molecule has 23 heavy (non-hydrogen) atoms. The monoisotopic (exact) mass is 327 g/mol. The fraction of sp³-hybridized carbons (Fsp3) is 0.200. The van der Waals surface area contributed by atoms with Crippen LogP contribution in [-0.4, -0.2) is 16.1 Å². The van der Waals surface area contributed by atoms with Gasteiger partial charge in [0, 0.05) is 17.7 Å². The number of pyridine rings is 1. The van der Waals surface area contributed by atoms with Crippen LogP contribution >= 0.6 is 0 Å². The van der Waals surface area contributed by atoms with Gasteiger partial charge in [-0.3, -0.25) is 10.0 Å². The van der Waals surface area contributed by atoms with Gasteiger partial charge in [0.25, 0.3) is 5.91 Å². The van der Waals surface area contributed by atoms with E-state index in [9.17, 15) is 18.0 Å². The molecule has 1 heterocycles. The van der Waals surface area contributed by atoms with Crippen molar-refractivity contribution in [2.24, 2.45) is 5.73 Å². The third kappa shape index (κ3) is 4.76. The van der Waals surface area contributed by atoms with Crippen molar-refractivity contribution in [2.75, 3.05) is 0 Å². The number of rotatable bonds is 5. The Labute approximate surface area is 131 Å². The molecule has 8 heteroatoms. The molecule has 0 aromatic carbocycles. The number of carbonyl (C=O) groups is 1. The SMILES string of the molecule is C=C/C(=C\C(=C/C)C(=O)NO)c1cc(CN)cc(C(F)(F)F)n1. The summed E-state index contributed by atoms with van der Waals surface area (Å²) in [5, 5.41) is 8.65. The van der Waals surface area contributed by atoms with E-state index in [0.29, 0.717) is 0 Å². The second kappa shape index (κ2) is 7.70. The van der Waals surface area contributed by atoms with Crippen LogP contribution in [0.15, 0.2) is 42.5 Å². The smallest absolute Gasteiger partial charge is 0.326 e. The molecule has 124 valence electrons. The van der Waals surface area contributed by atoms with Crippen molar-refractivity contribution < 1.29 is 23.2 Å². The summed E-state index contributed by atoms with van der Waals surface area (Å²) >= 11 is 0. The van der Waals surface area contributed by atoms with Crippen LogP contribution in [0.2, 0.25) is 0 Å². The molecule has 1 aromatic heterocycles. The van der Waals surface area contributed by atoms with Crippen molar-refractivity contribution in [2.45, 2.75) is 19.6 Å². The maximum atomic E-state index is 12.9. The zero-order valence-corrected chi connectivity index (χ0v) is 12.3. The van der Waals surface area contributed by atoms with Gasteiger partial charge in [0.05, 0.1) is 5.69 Å². The minimum Gasteiger partial charge on any atom is -0.326 e. The van der Waals surface area contributed by atoms with Crippen LogP contribution in [0.1, 0.15) is 23.9 Å². The van der Waals surface area contributed by atoms with Crippen LogP contribution < -0.4 is 11.2 Å². The fourth-order valence-corrected chi connectivity index (χ4v) is 1.75. The first-order valence-corrected chi connectivity index (χ1v) is 6.50. The predicted molar refractivity (Wildman–Crippen MR) is 79.0 cm³/mol. The summed E-state index contributed by atoms with van der Waals surface area (Å²) in [6, 6.07) is 2.24. The average molecular weight is 327 g/mol. The van der Waals surface area contributed by atoms with E-state index < -0.39 is 17.8 Å². The van der Waals surface area contributed by atoms with Gasteiger partial charge >= 0.3 is 6.18 Å². The van der Waals surface area contributed by atoms with Gasteiger partial charge in [-0.05, 0) is 30.7 Å². The molecular formula is C15H16F3N3O2. The highest BCUT2D eigenvalue weighted by Gasteiger charge is 2.33. The normalized spacial score (nSPS) is 13.0. The molecule has 1 rings (SSSR count). The quantitative estimate of drug-likeness (QED) is 0.336. The van der Waals surface area contributed by atoms with Crippen LogP contribution in [0.25, 0.3) is 5.57 Å². The lowest BCUT2D eigenvalue weighted by Gasteiger charge is -2.11. The number of hydroxylamine groups is 1. The van der Waals surface area contributed by atoms with Crippen molar-refractivity contribution in [1.82, 2.24) is 10.5 Å². The summed E-state index contributed by atoms with van der Waals surface area (Å²) in [6.07, 6.45) is -0.719. The Morgan fingerprint density at radius 1 is 1.48 bits per heavy atom. The summed E-state index contributed by atoms with van der Waals surface area (Å²) in [4.78, 5) is 15.0. The molecule has 0 aliphatic rings. The summed E-state index contributed by atoms with van der Waals surface area (Å²) < 4.78 is 38.7. The van der Waals surface area contributed by atoms with Gasteiger partial charge < -0.3 is 5.73 Å². The Kier molecular flexibility index (Phi) is 6.23. The maximum absolute atomic E-state index is 12.9. The zero-order valence-electron chi connectivity index (χ0n) is 12.3. The Bertz CT molecular complexity index is 664. The summed E-state index contributed by atoms with van der Waals surface area (Å²) in [6.45, 7) is 4.95. The number of nitrogens with zero attached hydrogens (tertiary/aromatic N) is 1. The first kappa shape index (κ1) is 18.6. The van der Waals surface area contributed by atoms with Crippen molar-refractivity contribution in [3.8, 4) is 0 Å². The van der Waals surface area contributed by atoms with Gasteiger partial charge in [0.15, 0.2) is 0 Å². The first-order chi connectivity index (χ1) is 10.8. The summed E-state index contributed by atoms with van der Waals surface area (Å²) in [7, 11) is 0. The number of nitrogens with two attached hydrogens (primary N) is 1. The molecule has 1 amide bonds. The highest BCUT2D eigenvalue weighted by molar-refractivity contribution is 5.98. The molecule has 0 aliphatic heterocycles. The van der Waals surface area contributed by atoms with E-state index >= 15 is 0 Å². The van der Waals surface area contributed by atoms with Crippen molar-refractivity contribution in [3.63, 3.8) is 0 Å². The standard InChI is InChI=1S/C15H16F3N3O2/c1-3-10(7-11(4-2)14(22)21-23)12-5-9(8-19)6-13(20-12)15(16,17)18/h3-7,23H,1,8,19H2,2H3,(H,21,22)/b10-7+,11-4+. The van der Waals surface area contributed by atoms with Gasteiger partial charge in [-0.25, -0.2) is 10.5 Å². The predicted octanol–water partition coefficient (Wildman–Crippen LogP) is 2.58. The van der Waals surface area contributed by atoms with Gasteiger partial charge in [-0.15, -0.1) is 0 Å². The first-order valence-electron chi connectivity index (χ1n) is 6.50. The number of aromatic nitrogens is 1. The maximum Gasteiger partial charge on any atom is 0.433 e. The molecule has 0 saturated heterocycles. The number of hydrogen-bond donors (Lipinski definition) is 3. The number of amides is 1. The molecule has 0 aliphatic carbocycles. The lowest BCUT2D eigenvalue weighted by molar-refractivity contribution is -0.141. The number of carbonyl (C=O) groups excluding carboxylic acids is 1. The van der Waals surface area contributed by atoms with E-state index in [1.165, 1.54) is 36.7 Å². The van der Waals surface area contributed by atoms with Crippen LogP contribution in [0, 0.1) is 0 Å². The highest BCUT2D eigenvalue weighted by Crippen LogP contribution is 2.30. The molecule has 0 saturated carbocycles. The topological polar surface area (TPSA) is 88.2 Å². The van der Waals surface area contributed by atoms with Crippen molar-refractivity contribution >= 4 is 11.5 Å². The van der Waals surface area contributed by atoms with Crippen LogP contribution in [0.3, 0.4) is 0 Å². The van der Waals surface area contributed by atoms with Crippen LogP contribution in [-0.2, 0) is 17.5 Å². The van der Waals surface area contributed by atoms with Crippen molar-refractivity contribution in [1.29, 1.82) is 0 Å². The third-order valence-corrected chi connectivity index (χ3v) is 2.91. The number of halogens is 3. The van der Waals surface area contributed by atoms with Crippen LogP contribution in [0.5, 0.6) is 0 Å². The van der Waals surface area contributed by atoms with E-state index in [1.807, 2.05) is 0 Å². The van der Waals surface area contributed by atoms with E-state index in [4.69, 9.17) is 10.9 Å². The zero-order chi connectivity index (χ0) is 17.6. The average Bonchev–Trinajstić information content (AvgIpc) is 2.54. The lowest BCUT2D eigenvalue weighted by atomic mass is 10.0. The number of allylic oxidation sites excluding steroid dienone is 3. The van der Waals surface area contributed by atoms with Crippen LogP contribution in [0.4, 0.5) is 13.2 Å². The van der Waals surface area contributed by atoms with Gasteiger partial charge in [-0.2, -0.15) is 13.2 Å². The molecule has 0 spiro atoms. The Balaban J connectivity index is 3.46. The Hall–Kier alpha value is -2.45. The molecule has 0 atom stereocenters. The second-order valence-electron chi connectivity index (χ2n) is 4.44. The van der Waals surface area contributed by atoms with E-state index in [2.05, 4.69) is 11.6 Å². The summed E-state index contributed by atoms with van der Waals surface area (Å²) in [5.74, 6) is -0.808. The molecular weight excluding hydrogens is 311 g/mol. The lowest BCUT2D eigenvalue weighted by Crippen LogP contribution is -2.20. The van der Waals surface area contributed by atoms with Gasteiger partial charge in [-0.1, -0.05) is 18.7 Å². The Morgan fingerprint density at radius 3 is 2.57 bits per heavy atom. The van der Waals surface area contributed by atoms with Crippen molar-refractivity contribution in [3.05, 3.63) is 59.5 Å². The fourth-order valence-electron chi connectivity index (χ4n) is 1.75. The minimum absolute atomic E-state index is 0.0274. The van der Waals surface area contributed by atoms with Gasteiger partial charge in [0.2, 0.25) is 0 Å². The molecule has 5 nitrogen and oxygen atoms in total. The molecule has 0 bridgehead atoms. The third-order valence-electron chi connectivity index (χ3n) is 2.91. The molecule has 0 fully saturated rings. The largest absolute Gasteiger partial charge is 0.433 e. The summed E-state index contributed by atoms with van der Waals surface area (Å²) in [5.41, 5.74) is 6.22. The second-order valence-corrected chi connectivity index (χ2v) is 4.44. The highest BCUT2D eigenvalue weighted by atomic mass is 19.4. The van der Waals surface area contributed by atoms with E-state index in [-0.39, 0.29) is 28.9 Å². The Morgan fingerprint density at radius 2 is 2.13 bits per heavy atom. The van der Waals surface area contributed by atoms with E-state index in [0.717, 1.165) is 6.07 Å². The van der Waals surface area contributed by atoms with Gasteiger partial charge in [0.1, 0.15) is 5.69 Å². The number of alkyl halides is 3.